The lowest BCUT2D eigenvalue weighted by molar-refractivity contribution is -0.112. The Bertz CT molecular complexity index is 621. The summed E-state index contributed by atoms with van der Waals surface area (Å²) in [4.78, 5) is 11.9. The first-order chi connectivity index (χ1) is 10.1. The molecule has 0 aliphatic heterocycles. The van der Waals surface area contributed by atoms with Crippen LogP contribution in [-0.4, -0.2) is 5.91 Å². The van der Waals surface area contributed by atoms with Gasteiger partial charge in [0.25, 0.3) is 0 Å². The molecule has 0 saturated carbocycles. The van der Waals surface area contributed by atoms with E-state index in [2.05, 4.69) is 10.6 Å². The van der Waals surface area contributed by atoms with E-state index in [1.54, 1.807) is 24.3 Å². The normalized spacial score (nSPS) is 11.0. The van der Waals surface area contributed by atoms with Crippen molar-refractivity contribution < 1.29 is 4.79 Å². The van der Waals surface area contributed by atoms with Crippen LogP contribution in [0.4, 0.5) is 5.69 Å². The number of nitrogens with one attached hydrogen (secondary N) is 2. The van der Waals surface area contributed by atoms with Crippen molar-refractivity contribution in [2.45, 2.75) is 13.5 Å². The van der Waals surface area contributed by atoms with Gasteiger partial charge in [0, 0.05) is 29.0 Å². The summed E-state index contributed by atoms with van der Waals surface area (Å²) < 4.78 is 0. The van der Waals surface area contributed by atoms with Gasteiger partial charge in [-0.1, -0.05) is 41.9 Å². The monoisotopic (exact) mass is 300 g/mol. The summed E-state index contributed by atoms with van der Waals surface area (Å²) >= 11 is 5.80. The van der Waals surface area contributed by atoms with Crippen molar-refractivity contribution in [3.05, 3.63) is 77.0 Å². The highest BCUT2D eigenvalue weighted by atomic mass is 35.5. The molecule has 2 rings (SSSR count). The molecule has 0 unspecified atom stereocenters. The summed E-state index contributed by atoms with van der Waals surface area (Å²) in [5.41, 5.74) is 2.70. The first-order valence-corrected chi connectivity index (χ1v) is 7.04. The van der Waals surface area contributed by atoms with Gasteiger partial charge in [-0.05, 0) is 36.8 Å². The molecule has 21 heavy (non-hydrogen) atoms. The zero-order chi connectivity index (χ0) is 15.1. The number of benzene rings is 2. The minimum atomic E-state index is -0.171. The van der Waals surface area contributed by atoms with Crippen molar-refractivity contribution in [1.29, 1.82) is 0 Å². The van der Waals surface area contributed by atoms with E-state index in [-0.39, 0.29) is 5.91 Å². The van der Waals surface area contributed by atoms with Gasteiger partial charge in [-0.3, -0.25) is 4.79 Å². The second kappa shape index (κ2) is 7.50. The molecule has 2 aromatic rings. The number of carbonyl (C=O) groups excluding carboxylic acids is 1. The van der Waals surface area contributed by atoms with Crippen molar-refractivity contribution in [3.63, 3.8) is 0 Å². The average molecular weight is 301 g/mol. The van der Waals surface area contributed by atoms with Gasteiger partial charge in [0.1, 0.15) is 0 Å². The van der Waals surface area contributed by atoms with E-state index in [4.69, 9.17) is 11.6 Å². The van der Waals surface area contributed by atoms with Crippen molar-refractivity contribution in [1.82, 2.24) is 5.32 Å². The molecule has 2 N–H and O–H groups in total. The fourth-order valence-corrected chi connectivity index (χ4v) is 1.92. The molecule has 1 amide bonds. The van der Waals surface area contributed by atoms with Crippen LogP contribution in [0.1, 0.15) is 12.5 Å². The van der Waals surface area contributed by atoms with Gasteiger partial charge in [0.2, 0.25) is 5.91 Å². The maximum atomic E-state index is 11.9. The predicted octanol–water partition coefficient (Wildman–Crippen LogP) is 3.97. The van der Waals surface area contributed by atoms with Crippen LogP contribution in [0.25, 0.3) is 0 Å². The molecule has 4 heteroatoms. The Kier molecular flexibility index (Phi) is 5.41. The highest BCUT2D eigenvalue weighted by molar-refractivity contribution is 6.30. The Hall–Kier alpha value is -2.26. The minimum Gasteiger partial charge on any atom is -0.384 e. The SMILES string of the molecule is CC(=CC(=O)Nc1ccc(Cl)cc1)NCc1ccccc1. The van der Waals surface area contributed by atoms with Crippen molar-refractivity contribution >= 4 is 23.2 Å². The molecule has 0 aliphatic rings. The van der Waals surface area contributed by atoms with E-state index < -0.39 is 0 Å². The molecule has 108 valence electrons. The van der Waals surface area contributed by atoms with E-state index in [0.29, 0.717) is 11.6 Å². The highest BCUT2D eigenvalue weighted by Crippen LogP contribution is 2.13. The van der Waals surface area contributed by atoms with Crippen LogP contribution in [0.15, 0.2) is 66.4 Å². The Morgan fingerprint density at radius 3 is 2.43 bits per heavy atom. The van der Waals surface area contributed by atoms with Crippen LogP contribution in [0.3, 0.4) is 0 Å². The zero-order valence-electron chi connectivity index (χ0n) is 11.8. The smallest absolute Gasteiger partial charge is 0.250 e. The lowest BCUT2D eigenvalue weighted by atomic mass is 10.2. The second-order valence-electron chi connectivity index (χ2n) is 4.66. The summed E-state index contributed by atoms with van der Waals surface area (Å²) in [6.45, 7) is 2.56. The number of amides is 1. The molecule has 0 radical (unpaired) electrons. The number of anilines is 1. The molecule has 2 aromatic carbocycles. The third-order valence-electron chi connectivity index (χ3n) is 2.87. The Balaban J connectivity index is 1.86. The second-order valence-corrected chi connectivity index (χ2v) is 5.10. The van der Waals surface area contributed by atoms with Crippen molar-refractivity contribution in [2.75, 3.05) is 5.32 Å². The van der Waals surface area contributed by atoms with Crippen LogP contribution in [-0.2, 0) is 11.3 Å². The fourth-order valence-electron chi connectivity index (χ4n) is 1.80. The van der Waals surface area contributed by atoms with Crippen molar-refractivity contribution in [3.8, 4) is 0 Å². The van der Waals surface area contributed by atoms with Gasteiger partial charge in [-0.15, -0.1) is 0 Å². The van der Waals surface area contributed by atoms with E-state index in [1.807, 2.05) is 37.3 Å². The van der Waals surface area contributed by atoms with Gasteiger partial charge in [0.15, 0.2) is 0 Å². The maximum absolute atomic E-state index is 11.9. The Morgan fingerprint density at radius 1 is 1.10 bits per heavy atom. The summed E-state index contributed by atoms with van der Waals surface area (Å²) in [5, 5.41) is 6.63. The number of rotatable bonds is 5. The third-order valence-corrected chi connectivity index (χ3v) is 3.13. The molecule has 0 aromatic heterocycles. The molecule has 0 aliphatic carbocycles. The molecule has 3 nitrogen and oxygen atoms in total. The van der Waals surface area contributed by atoms with E-state index >= 15 is 0 Å². The predicted molar refractivity (Wildman–Crippen MR) is 87.1 cm³/mol. The molecule has 0 spiro atoms. The van der Waals surface area contributed by atoms with Crippen LogP contribution in [0.2, 0.25) is 5.02 Å². The number of hydrogen-bond donors (Lipinski definition) is 2. The molecular weight excluding hydrogens is 284 g/mol. The molecular formula is C17H17ClN2O. The molecule has 0 fully saturated rings. The molecule has 0 saturated heterocycles. The summed E-state index contributed by atoms with van der Waals surface area (Å²) in [5.74, 6) is -0.171. The minimum absolute atomic E-state index is 0.171. The number of halogens is 1. The summed E-state index contributed by atoms with van der Waals surface area (Å²) in [6, 6.07) is 17.0. The van der Waals surface area contributed by atoms with Crippen LogP contribution in [0, 0.1) is 0 Å². The lowest BCUT2D eigenvalue weighted by Crippen LogP contribution is -2.15. The standard InChI is InChI=1S/C17H17ClN2O/c1-13(19-12-14-5-3-2-4-6-14)11-17(21)20-16-9-7-15(18)8-10-16/h2-11,19H,12H2,1H3,(H,20,21). The first-order valence-electron chi connectivity index (χ1n) is 6.66. The summed E-state index contributed by atoms with van der Waals surface area (Å²) in [6.07, 6.45) is 1.54. The van der Waals surface area contributed by atoms with Crippen molar-refractivity contribution in [2.24, 2.45) is 0 Å². The number of allylic oxidation sites excluding steroid dienone is 1. The van der Waals surface area contributed by atoms with Crippen LogP contribution < -0.4 is 10.6 Å². The first kappa shape index (κ1) is 15.1. The highest BCUT2D eigenvalue weighted by Gasteiger charge is 2.00. The Morgan fingerprint density at radius 2 is 1.76 bits per heavy atom. The van der Waals surface area contributed by atoms with Crippen LogP contribution >= 0.6 is 11.6 Å². The Labute approximate surface area is 129 Å². The van der Waals surface area contributed by atoms with Gasteiger partial charge in [-0.25, -0.2) is 0 Å². The fraction of sp³-hybridized carbons (Fsp3) is 0.118. The maximum Gasteiger partial charge on any atom is 0.250 e. The molecule has 0 bridgehead atoms. The zero-order valence-corrected chi connectivity index (χ0v) is 12.5. The quantitative estimate of drug-likeness (QED) is 0.820. The largest absolute Gasteiger partial charge is 0.384 e. The van der Waals surface area contributed by atoms with Gasteiger partial charge >= 0.3 is 0 Å². The third kappa shape index (κ3) is 5.32. The molecule has 0 atom stereocenters. The van der Waals surface area contributed by atoms with Gasteiger partial charge < -0.3 is 10.6 Å². The van der Waals surface area contributed by atoms with Crippen LogP contribution in [0.5, 0.6) is 0 Å². The number of carbonyl (C=O) groups is 1. The number of hydrogen-bond acceptors (Lipinski definition) is 2. The van der Waals surface area contributed by atoms with Gasteiger partial charge in [-0.2, -0.15) is 0 Å². The molecule has 0 heterocycles. The topological polar surface area (TPSA) is 41.1 Å². The summed E-state index contributed by atoms with van der Waals surface area (Å²) in [7, 11) is 0. The van der Waals surface area contributed by atoms with E-state index in [0.717, 1.165) is 11.4 Å². The lowest BCUT2D eigenvalue weighted by Gasteiger charge is -2.07. The van der Waals surface area contributed by atoms with E-state index in [9.17, 15) is 4.79 Å². The average Bonchev–Trinajstić information content (AvgIpc) is 2.48. The van der Waals surface area contributed by atoms with Gasteiger partial charge in [0.05, 0.1) is 0 Å². The van der Waals surface area contributed by atoms with E-state index in [1.165, 1.54) is 11.6 Å².